The van der Waals surface area contributed by atoms with Crippen LogP contribution in [-0.2, 0) is 4.79 Å². The van der Waals surface area contributed by atoms with Gasteiger partial charge in [0.15, 0.2) is 0 Å². The lowest BCUT2D eigenvalue weighted by Crippen LogP contribution is -2.52. The molecule has 170 valence electrons. The van der Waals surface area contributed by atoms with Gasteiger partial charge in [-0.25, -0.2) is 4.98 Å². The van der Waals surface area contributed by atoms with Gasteiger partial charge in [0.1, 0.15) is 5.75 Å². The van der Waals surface area contributed by atoms with Gasteiger partial charge in [-0.1, -0.05) is 6.42 Å². The topological polar surface area (TPSA) is 84.0 Å². The number of pyridine rings is 1. The Morgan fingerprint density at radius 3 is 2.34 bits per heavy atom. The van der Waals surface area contributed by atoms with E-state index < -0.39 is 0 Å². The average molecular weight is 439 g/mol. The molecule has 1 aromatic carbocycles. The zero-order valence-corrected chi connectivity index (χ0v) is 18.6. The summed E-state index contributed by atoms with van der Waals surface area (Å²) in [6.07, 6.45) is 4.06. The van der Waals surface area contributed by atoms with Gasteiger partial charge in [0.25, 0.3) is 5.91 Å². The van der Waals surface area contributed by atoms with Crippen molar-refractivity contribution in [1.82, 2.24) is 15.2 Å². The fourth-order valence-electron chi connectivity index (χ4n) is 4.53. The minimum Gasteiger partial charge on any atom is -0.497 e. The number of aromatic nitrogens is 1. The summed E-state index contributed by atoms with van der Waals surface area (Å²) >= 11 is 0. The molecule has 2 atom stereocenters. The maximum atomic E-state index is 13.2. The third-order valence-corrected chi connectivity index (χ3v) is 6.39. The number of benzene rings is 1. The summed E-state index contributed by atoms with van der Waals surface area (Å²) in [6, 6.07) is 11.2. The number of nitrogens with one attached hydrogen (secondary N) is 1. The number of carbonyl (C=O) groups is 2. The van der Waals surface area contributed by atoms with Crippen LogP contribution in [0.4, 0.5) is 5.69 Å². The van der Waals surface area contributed by atoms with Gasteiger partial charge in [-0.05, 0) is 43.2 Å². The molecular formula is C24H30N4O4. The first-order chi connectivity index (χ1) is 15.6. The van der Waals surface area contributed by atoms with E-state index in [2.05, 4.69) is 15.2 Å². The molecule has 32 heavy (non-hydrogen) atoms. The lowest BCUT2D eigenvalue weighted by atomic mass is 10.0. The second-order valence-electron chi connectivity index (χ2n) is 8.22. The molecule has 1 aliphatic heterocycles. The van der Waals surface area contributed by atoms with Gasteiger partial charge in [-0.3, -0.25) is 9.59 Å². The Hall–Kier alpha value is -3.29. The molecule has 1 aromatic heterocycles. The van der Waals surface area contributed by atoms with Crippen molar-refractivity contribution in [2.45, 2.75) is 25.3 Å². The van der Waals surface area contributed by atoms with Gasteiger partial charge in [-0.2, -0.15) is 0 Å². The molecule has 8 nitrogen and oxygen atoms in total. The van der Waals surface area contributed by atoms with Crippen molar-refractivity contribution in [3.63, 3.8) is 0 Å². The van der Waals surface area contributed by atoms with E-state index in [1.807, 2.05) is 29.2 Å². The van der Waals surface area contributed by atoms with Crippen molar-refractivity contribution in [1.29, 1.82) is 0 Å². The zero-order valence-electron chi connectivity index (χ0n) is 18.6. The summed E-state index contributed by atoms with van der Waals surface area (Å²) in [5.74, 6) is 1.08. The number of nitrogens with zero attached hydrogens (tertiary/aromatic N) is 3. The van der Waals surface area contributed by atoms with Crippen LogP contribution in [-0.4, -0.2) is 68.1 Å². The van der Waals surface area contributed by atoms with E-state index in [0.717, 1.165) is 43.8 Å². The van der Waals surface area contributed by atoms with Crippen molar-refractivity contribution in [3.05, 3.63) is 48.2 Å². The molecular weight excluding hydrogens is 408 g/mol. The number of carbonyl (C=O) groups excluding carboxylic acids is 2. The van der Waals surface area contributed by atoms with E-state index in [1.165, 1.54) is 13.3 Å². The van der Waals surface area contributed by atoms with Gasteiger partial charge in [0, 0.05) is 50.2 Å². The third-order valence-electron chi connectivity index (χ3n) is 6.39. The molecule has 4 rings (SSSR count). The maximum Gasteiger partial charge on any atom is 0.253 e. The van der Waals surface area contributed by atoms with E-state index in [4.69, 9.17) is 9.47 Å². The van der Waals surface area contributed by atoms with Crippen molar-refractivity contribution in [3.8, 4) is 11.6 Å². The van der Waals surface area contributed by atoms with Crippen LogP contribution in [0.25, 0.3) is 0 Å². The summed E-state index contributed by atoms with van der Waals surface area (Å²) in [5, 5.41) is 3.06. The van der Waals surface area contributed by atoms with E-state index in [1.54, 1.807) is 19.2 Å². The highest BCUT2D eigenvalue weighted by Gasteiger charge is 2.37. The molecule has 1 aliphatic carbocycles. The van der Waals surface area contributed by atoms with Crippen LogP contribution in [0.15, 0.2) is 42.6 Å². The standard InChI is InChI=1S/C24H30N4O4/c1-31-19-9-7-18(8-10-19)27-12-14-28(15-13-27)24(30)20-4-3-5-21(20)26-23(29)17-6-11-22(32-2)25-16-17/h6-11,16,20-21H,3-5,12-15H2,1-2H3,(H,26,29)/t20-,21+/m0/s1. The fraction of sp³-hybridized carbons (Fsp3) is 0.458. The Labute approximate surface area is 188 Å². The number of anilines is 1. The largest absolute Gasteiger partial charge is 0.497 e. The normalized spacial score (nSPS) is 20.7. The molecule has 2 amide bonds. The predicted octanol–water partition coefficient (Wildman–Crippen LogP) is 2.35. The van der Waals surface area contributed by atoms with Crippen molar-refractivity contribution in [2.75, 3.05) is 45.3 Å². The van der Waals surface area contributed by atoms with Crippen LogP contribution in [0.3, 0.4) is 0 Å². The lowest BCUT2D eigenvalue weighted by Gasteiger charge is -2.38. The third kappa shape index (κ3) is 4.79. The number of methoxy groups -OCH3 is 2. The highest BCUT2D eigenvalue weighted by atomic mass is 16.5. The van der Waals surface area contributed by atoms with Gasteiger partial charge in [-0.15, -0.1) is 0 Å². The minimum absolute atomic E-state index is 0.142. The second kappa shape index (κ2) is 9.89. The number of amides is 2. The van der Waals surface area contributed by atoms with Crippen LogP contribution >= 0.6 is 0 Å². The number of piperazine rings is 1. The average Bonchev–Trinajstić information content (AvgIpc) is 3.31. The van der Waals surface area contributed by atoms with Crippen molar-refractivity contribution >= 4 is 17.5 Å². The Bertz CT molecular complexity index is 924. The Balaban J connectivity index is 1.32. The maximum absolute atomic E-state index is 13.2. The molecule has 2 aliphatic rings. The van der Waals surface area contributed by atoms with Crippen molar-refractivity contribution < 1.29 is 19.1 Å². The number of hydrogen-bond donors (Lipinski definition) is 1. The molecule has 0 unspecified atom stereocenters. The number of ether oxygens (including phenoxy) is 2. The highest BCUT2D eigenvalue weighted by Crippen LogP contribution is 2.29. The first kappa shape index (κ1) is 21.9. The van der Waals surface area contributed by atoms with E-state index in [9.17, 15) is 9.59 Å². The molecule has 1 saturated carbocycles. The second-order valence-corrected chi connectivity index (χ2v) is 8.22. The van der Waals surface area contributed by atoms with Gasteiger partial charge >= 0.3 is 0 Å². The van der Waals surface area contributed by atoms with Crippen LogP contribution in [0.2, 0.25) is 0 Å². The monoisotopic (exact) mass is 438 g/mol. The highest BCUT2D eigenvalue weighted by molar-refractivity contribution is 5.94. The number of rotatable bonds is 6. The molecule has 0 radical (unpaired) electrons. The zero-order chi connectivity index (χ0) is 22.5. The molecule has 2 heterocycles. The first-order valence-corrected chi connectivity index (χ1v) is 11.1. The Kier molecular flexibility index (Phi) is 6.78. The smallest absolute Gasteiger partial charge is 0.253 e. The van der Waals surface area contributed by atoms with Crippen LogP contribution in [0.1, 0.15) is 29.6 Å². The number of hydrogen-bond acceptors (Lipinski definition) is 6. The van der Waals surface area contributed by atoms with Gasteiger partial charge in [0.2, 0.25) is 11.8 Å². The summed E-state index contributed by atoms with van der Waals surface area (Å²) in [6.45, 7) is 2.95. The summed E-state index contributed by atoms with van der Waals surface area (Å²) in [4.78, 5) is 34.2. The van der Waals surface area contributed by atoms with Crippen molar-refractivity contribution in [2.24, 2.45) is 5.92 Å². The molecule has 1 N–H and O–H groups in total. The molecule has 2 aromatic rings. The van der Waals surface area contributed by atoms with E-state index in [0.29, 0.717) is 24.5 Å². The Morgan fingerprint density at radius 2 is 1.72 bits per heavy atom. The predicted molar refractivity (Wildman–Crippen MR) is 121 cm³/mol. The van der Waals surface area contributed by atoms with E-state index in [-0.39, 0.29) is 23.8 Å². The van der Waals surface area contributed by atoms with Gasteiger partial charge in [0.05, 0.1) is 25.7 Å². The van der Waals surface area contributed by atoms with Crippen LogP contribution in [0, 0.1) is 5.92 Å². The molecule has 0 bridgehead atoms. The summed E-state index contributed by atoms with van der Waals surface area (Å²) in [5.41, 5.74) is 1.61. The SMILES string of the molecule is COc1ccc(N2CCN(C(=O)[C@H]3CCC[C@H]3NC(=O)c3ccc(OC)nc3)CC2)cc1. The van der Waals surface area contributed by atoms with E-state index >= 15 is 0 Å². The van der Waals surface area contributed by atoms with Crippen LogP contribution in [0.5, 0.6) is 11.6 Å². The fourth-order valence-corrected chi connectivity index (χ4v) is 4.53. The first-order valence-electron chi connectivity index (χ1n) is 11.1. The molecule has 1 saturated heterocycles. The van der Waals surface area contributed by atoms with Crippen LogP contribution < -0.4 is 19.7 Å². The quantitative estimate of drug-likeness (QED) is 0.745. The molecule has 8 heteroatoms. The minimum atomic E-state index is -0.200. The summed E-state index contributed by atoms with van der Waals surface area (Å²) < 4.78 is 10.3. The lowest BCUT2D eigenvalue weighted by molar-refractivity contribution is -0.136. The van der Waals surface area contributed by atoms with Gasteiger partial charge < -0.3 is 24.6 Å². The summed E-state index contributed by atoms with van der Waals surface area (Å²) in [7, 11) is 3.19. The molecule has 2 fully saturated rings. The molecule has 0 spiro atoms. The Morgan fingerprint density at radius 1 is 0.969 bits per heavy atom.